The third-order valence-corrected chi connectivity index (χ3v) is 4.19. The van der Waals surface area contributed by atoms with E-state index >= 15 is 0 Å². The number of aliphatic hydroxyl groups excluding tert-OH is 1. The van der Waals surface area contributed by atoms with E-state index in [-0.39, 0.29) is 18.6 Å². The summed E-state index contributed by atoms with van der Waals surface area (Å²) >= 11 is 0. The van der Waals surface area contributed by atoms with Crippen molar-refractivity contribution in [1.82, 2.24) is 5.32 Å². The third kappa shape index (κ3) is 3.62. The zero-order chi connectivity index (χ0) is 9.90. The van der Waals surface area contributed by atoms with E-state index in [4.69, 9.17) is 5.11 Å². The normalized spacial score (nSPS) is 28.9. The predicted octanol–water partition coefficient (Wildman–Crippen LogP) is -0.608. The van der Waals surface area contributed by atoms with Crippen LogP contribution in [0.15, 0.2) is 0 Å². The van der Waals surface area contributed by atoms with E-state index in [1.807, 2.05) is 6.92 Å². The molecule has 0 aliphatic carbocycles. The molecule has 1 rings (SSSR count). The minimum absolute atomic E-state index is 0.0586. The fourth-order valence-electron chi connectivity index (χ4n) is 1.47. The lowest BCUT2D eigenvalue weighted by Crippen LogP contribution is -2.34. The third-order valence-electron chi connectivity index (χ3n) is 2.36. The standard InChI is InChI=1S/C8H17NO3S/c1-7(5-10)9-4-8-2-3-13(11,12)6-8/h7-10H,2-6H2,1H3. The molecule has 0 aromatic carbocycles. The Bertz CT molecular complexity index is 250. The highest BCUT2D eigenvalue weighted by Crippen LogP contribution is 2.17. The Morgan fingerprint density at radius 2 is 2.31 bits per heavy atom. The summed E-state index contributed by atoms with van der Waals surface area (Å²) < 4.78 is 22.2. The molecule has 0 aromatic rings. The number of hydrogen-bond acceptors (Lipinski definition) is 4. The van der Waals surface area contributed by atoms with Crippen molar-refractivity contribution in [3.8, 4) is 0 Å². The van der Waals surface area contributed by atoms with Crippen LogP contribution in [0.5, 0.6) is 0 Å². The van der Waals surface area contributed by atoms with E-state index < -0.39 is 9.84 Å². The van der Waals surface area contributed by atoms with E-state index in [1.165, 1.54) is 0 Å². The molecule has 0 aromatic heterocycles. The van der Waals surface area contributed by atoms with Gasteiger partial charge in [0.25, 0.3) is 0 Å². The molecule has 2 atom stereocenters. The molecule has 2 N–H and O–H groups in total. The van der Waals surface area contributed by atoms with E-state index in [0.717, 1.165) is 6.42 Å². The summed E-state index contributed by atoms with van der Waals surface area (Å²) in [5, 5.41) is 11.8. The molecule has 0 radical (unpaired) electrons. The van der Waals surface area contributed by atoms with Crippen LogP contribution in [0.4, 0.5) is 0 Å². The van der Waals surface area contributed by atoms with Crippen LogP contribution >= 0.6 is 0 Å². The Hall–Kier alpha value is -0.130. The van der Waals surface area contributed by atoms with Crippen LogP contribution in [0.3, 0.4) is 0 Å². The van der Waals surface area contributed by atoms with Gasteiger partial charge < -0.3 is 10.4 Å². The van der Waals surface area contributed by atoms with Crippen LogP contribution in [0.1, 0.15) is 13.3 Å². The monoisotopic (exact) mass is 207 g/mol. The second-order valence-corrected chi connectivity index (χ2v) is 5.99. The lowest BCUT2D eigenvalue weighted by Gasteiger charge is -2.13. The van der Waals surface area contributed by atoms with Crippen molar-refractivity contribution >= 4 is 9.84 Å². The van der Waals surface area contributed by atoms with Crippen molar-refractivity contribution < 1.29 is 13.5 Å². The first-order chi connectivity index (χ1) is 6.03. The molecule has 0 saturated carbocycles. The second-order valence-electron chi connectivity index (χ2n) is 3.76. The molecule has 2 unspecified atom stereocenters. The molecule has 1 fully saturated rings. The van der Waals surface area contributed by atoms with Crippen molar-refractivity contribution in [1.29, 1.82) is 0 Å². The van der Waals surface area contributed by atoms with E-state index in [9.17, 15) is 8.42 Å². The van der Waals surface area contributed by atoms with Crippen molar-refractivity contribution in [2.45, 2.75) is 19.4 Å². The maximum absolute atomic E-state index is 11.1. The summed E-state index contributed by atoms with van der Waals surface area (Å²) in [6.45, 7) is 2.67. The van der Waals surface area contributed by atoms with Crippen molar-refractivity contribution in [3.63, 3.8) is 0 Å². The lowest BCUT2D eigenvalue weighted by atomic mass is 10.1. The minimum atomic E-state index is -2.75. The average Bonchev–Trinajstić information content (AvgIpc) is 2.41. The highest BCUT2D eigenvalue weighted by molar-refractivity contribution is 7.91. The molecular formula is C8H17NO3S. The summed E-state index contributed by atoms with van der Waals surface area (Å²) in [4.78, 5) is 0. The molecule has 1 heterocycles. The van der Waals surface area contributed by atoms with Crippen LogP contribution in [0, 0.1) is 5.92 Å². The zero-order valence-electron chi connectivity index (χ0n) is 7.86. The molecule has 0 spiro atoms. The topological polar surface area (TPSA) is 66.4 Å². The second kappa shape index (κ2) is 4.39. The van der Waals surface area contributed by atoms with Crippen LogP contribution in [-0.2, 0) is 9.84 Å². The number of nitrogens with one attached hydrogen (secondary N) is 1. The van der Waals surface area contributed by atoms with Gasteiger partial charge in [0.05, 0.1) is 18.1 Å². The summed E-state index contributed by atoms with van der Waals surface area (Å²) in [6.07, 6.45) is 0.757. The molecule has 13 heavy (non-hydrogen) atoms. The largest absolute Gasteiger partial charge is 0.395 e. The first-order valence-corrected chi connectivity index (χ1v) is 6.40. The van der Waals surface area contributed by atoms with Gasteiger partial charge in [-0.1, -0.05) is 0 Å². The molecule has 5 heteroatoms. The van der Waals surface area contributed by atoms with Crippen LogP contribution in [0.25, 0.3) is 0 Å². The number of hydrogen-bond donors (Lipinski definition) is 2. The fraction of sp³-hybridized carbons (Fsp3) is 1.00. The van der Waals surface area contributed by atoms with Gasteiger partial charge in [0, 0.05) is 6.04 Å². The Morgan fingerprint density at radius 3 is 2.77 bits per heavy atom. The summed E-state index contributed by atoms with van der Waals surface area (Å²) in [6, 6.07) is 0.0586. The van der Waals surface area contributed by atoms with Crippen LogP contribution in [-0.4, -0.2) is 44.2 Å². The van der Waals surface area contributed by atoms with Gasteiger partial charge in [-0.3, -0.25) is 0 Å². The number of sulfone groups is 1. The maximum atomic E-state index is 11.1. The van der Waals surface area contributed by atoms with Gasteiger partial charge in [-0.05, 0) is 25.8 Å². The maximum Gasteiger partial charge on any atom is 0.150 e. The van der Waals surface area contributed by atoms with E-state index in [2.05, 4.69) is 5.32 Å². The number of rotatable bonds is 4. The Labute approximate surface area is 79.3 Å². The van der Waals surface area contributed by atoms with E-state index in [1.54, 1.807) is 0 Å². The van der Waals surface area contributed by atoms with Gasteiger partial charge >= 0.3 is 0 Å². The molecule has 1 aliphatic heterocycles. The van der Waals surface area contributed by atoms with Crippen molar-refractivity contribution in [3.05, 3.63) is 0 Å². The van der Waals surface area contributed by atoms with Gasteiger partial charge in [0.2, 0.25) is 0 Å². The Balaban J connectivity index is 2.25. The highest BCUT2D eigenvalue weighted by atomic mass is 32.2. The zero-order valence-corrected chi connectivity index (χ0v) is 8.68. The SMILES string of the molecule is CC(CO)NCC1CCS(=O)(=O)C1. The predicted molar refractivity (Wildman–Crippen MR) is 51.3 cm³/mol. The molecule has 4 nitrogen and oxygen atoms in total. The molecule has 1 aliphatic rings. The Morgan fingerprint density at radius 1 is 1.62 bits per heavy atom. The highest BCUT2D eigenvalue weighted by Gasteiger charge is 2.27. The first-order valence-electron chi connectivity index (χ1n) is 4.58. The lowest BCUT2D eigenvalue weighted by molar-refractivity contribution is 0.247. The molecule has 0 amide bonds. The van der Waals surface area contributed by atoms with Crippen molar-refractivity contribution in [2.75, 3.05) is 24.7 Å². The number of aliphatic hydroxyl groups is 1. The molecule has 78 valence electrons. The molecule has 1 saturated heterocycles. The van der Waals surface area contributed by atoms with Crippen LogP contribution in [0.2, 0.25) is 0 Å². The summed E-state index contributed by atoms with van der Waals surface area (Å²) in [5.41, 5.74) is 0. The average molecular weight is 207 g/mol. The molecular weight excluding hydrogens is 190 g/mol. The summed E-state index contributed by atoms with van der Waals surface area (Å²) in [5.74, 6) is 0.865. The van der Waals surface area contributed by atoms with Gasteiger partial charge in [0.15, 0.2) is 9.84 Å². The van der Waals surface area contributed by atoms with Gasteiger partial charge in [-0.25, -0.2) is 8.42 Å². The summed E-state index contributed by atoms with van der Waals surface area (Å²) in [7, 11) is -2.75. The molecule has 0 bridgehead atoms. The Kier molecular flexibility index (Phi) is 3.70. The van der Waals surface area contributed by atoms with Crippen LogP contribution < -0.4 is 5.32 Å². The van der Waals surface area contributed by atoms with E-state index in [0.29, 0.717) is 18.1 Å². The fourth-order valence-corrected chi connectivity index (χ4v) is 3.33. The van der Waals surface area contributed by atoms with Gasteiger partial charge in [-0.2, -0.15) is 0 Å². The first kappa shape index (κ1) is 10.9. The van der Waals surface area contributed by atoms with Crippen molar-refractivity contribution in [2.24, 2.45) is 5.92 Å². The quantitative estimate of drug-likeness (QED) is 0.645. The van der Waals surface area contributed by atoms with Gasteiger partial charge in [0.1, 0.15) is 0 Å². The minimum Gasteiger partial charge on any atom is -0.395 e. The smallest absolute Gasteiger partial charge is 0.150 e. The van der Waals surface area contributed by atoms with Gasteiger partial charge in [-0.15, -0.1) is 0 Å².